The number of hydrogen-bond acceptors (Lipinski definition) is 6. The van der Waals surface area contributed by atoms with Gasteiger partial charge < -0.3 is 19.2 Å². The van der Waals surface area contributed by atoms with E-state index in [1.165, 1.54) is 4.90 Å². The highest BCUT2D eigenvalue weighted by atomic mass is 16.5. The molecule has 1 saturated heterocycles. The largest absolute Gasteiger partial charge is 0.487 e. The van der Waals surface area contributed by atoms with Gasteiger partial charge in [0.25, 0.3) is 0 Å². The van der Waals surface area contributed by atoms with Gasteiger partial charge in [-0.05, 0) is 75.6 Å². The molecule has 1 aliphatic heterocycles. The number of rotatable bonds is 7. The Morgan fingerprint density at radius 1 is 1.26 bits per heavy atom. The fourth-order valence-electron chi connectivity index (χ4n) is 4.25. The molecule has 180 valence electrons. The first kappa shape index (κ1) is 24.0. The smallest absolute Gasteiger partial charge is 0.326 e. The second-order valence-corrected chi connectivity index (χ2v) is 9.15. The lowest BCUT2D eigenvalue weighted by Gasteiger charge is -2.32. The molecular formula is C27H27N3O5. The van der Waals surface area contributed by atoms with Crippen molar-refractivity contribution in [1.29, 1.82) is 5.26 Å². The van der Waals surface area contributed by atoms with Crippen LogP contribution in [0.2, 0.25) is 0 Å². The van der Waals surface area contributed by atoms with Crippen LogP contribution < -0.4 is 4.74 Å². The minimum Gasteiger partial charge on any atom is -0.487 e. The number of carbonyl (C=O) groups is 2. The average molecular weight is 474 g/mol. The third kappa shape index (κ3) is 4.90. The number of benzene rings is 2. The van der Waals surface area contributed by atoms with Crippen molar-refractivity contribution in [3.63, 3.8) is 0 Å². The van der Waals surface area contributed by atoms with Crippen LogP contribution in [0.3, 0.4) is 0 Å². The van der Waals surface area contributed by atoms with E-state index in [0.29, 0.717) is 48.0 Å². The van der Waals surface area contributed by atoms with Crippen LogP contribution in [0.1, 0.15) is 49.3 Å². The zero-order valence-electron chi connectivity index (χ0n) is 19.9. The first-order valence-corrected chi connectivity index (χ1v) is 11.4. The van der Waals surface area contributed by atoms with Crippen molar-refractivity contribution in [2.45, 2.75) is 51.7 Å². The van der Waals surface area contributed by atoms with Crippen molar-refractivity contribution in [2.75, 3.05) is 6.54 Å². The van der Waals surface area contributed by atoms with Gasteiger partial charge in [0.2, 0.25) is 11.8 Å². The van der Waals surface area contributed by atoms with E-state index in [1.54, 1.807) is 50.2 Å². The summed E-state index contributed by atoms with van der Waals surface area (Å²) in [4.78, 5) is 30.8. The highest BCUT2D eigenvalue weighted by Gasteiger charge is 2.41. The SMILES string of the molecule is Cc1oc(-c2ccc(C#N)cc2)nc1COc1cccc(C(C)(C)C(=O)N2CCC[C@@H]2C(=O)O)c1. The van der Waals surface area contributed by atoms with Crippen LogP contribution in [0.5, 0.6) is 5.75 Å². The quantitative estimate of drug-likeness (QED) is 0.539. The van der Waals surface area contributed by atoms with Gasteiger partial charge in [-0.15, -0.1) is 0 Å². The third-order valence-electron chi connectivity index (χ3n) is 6.42. The zero-order chi connectivity index (χ0) is 25.2. The molecule has 0 radical (unpaired) electrons. The van der Waals surface area contributed by atoms with E-state index >= 15 is 0 Å². The number of aliphatic carboxylic acids is 1. The molecule has 4 rings (SSSR count). The van der Waals surface area contributed by atoms with E-state index in [9.17, 15) is 14.7 Å². The van der Waals surface area contributed by atoms with Gasteiger partial charge in [-0.3, -0.25) is 4.79 Å². The summed E-state index contributed by atoms with van der Waals surface area (Å²) in [5, 5.41) is 18.4. The number of oxazole rings is 1. The van der Waals surface area contributed by atoms with E-state index in [-0.39, 0.29) is 12.5 Å². The Kier molecular flexibility index (Phi) is 6.61. The summed E-state index contributed by atoms with van der Waals surface area (Å²) < 4.78 is 11.8. The molecule has 1 fully saturated rings. The summed E-state index contributed by atoms with van der Waals surface area (Å²) in [6, 6.07) is 15.6. The van der Waals surface area contributed by atoms with E-state index in [4.69, 9.17) is 14.4 Å². The maximum atomic E-state index is 13.3. The maximum absolute atomic E-state index is 13.3. The lowest BCUT2D eigenvalue weighted by molar-refractivity contribution is -0.150. The number of aromatic nitrogens is 1. The summed E-state index contributed by atoms with van der Waals surface area (Å²) in [5.41, 5.74) is 1.80. The summed E-state index contributed by atoms with van der Waals surface area (Å²) >= 11 is 0. The molecule has 8 heteroatoms. The Morgan fingerprint density at radius 2 is 2.00 bits per heavy atom. The number of hydrogen-bond donors (Lipinski definition) is 1. The predicted molar refractivity (Wildman–Crippen MR) is 128 cm³/mol. The van der Waals surface area contributed by atoms with Crippen molar-refractivity contribution in [1.82, 2.24) is 9.88 Å². The van der Waals surface area contributed by atoms with Crippen LogP contribution in [0.25, 0.3) is 11.5 Å². The molecule has 2 aromatic carbocycles. The Morgan fingerprint density at radius 3 is 2.69 bits per heavy atom. The summed E-state index contributed by atoms with van der Waals surface area (Å²) in [7, 11) is 0. The van der Waals surface area contributed by atoms with Crippen LogP contribution in [-0.4, -0.2) is 39.5 Å². The maximum Gasteiger partial charge on any atom is 0.326 e. The van der Waals surface area contributed by atoms with Gasteiger partial charge in [-0.25, -0.2) is 9.78 Å². The molecule has 8 nitrogen and oxygen atoms in total. The zero-order valence-corrected chi connectivity index (χ0v) is 19.9. The van der Waals surface area contributed by atoms with Crippen LogP contribution in [0, 0.1) is 18.3 Å². The van der Waals surface area contributed by atoms with Gasteiger partial charge in [0.1, 0.15) is 29.9 Å². The standard InChI is InChI=1S/C27H27N3O5/c1-17-22(29-24(35-17)19-11-9-18(15-28)10-12-19)16-34-21-7-4-6-20(14-21)27(2,3)26(33)30-13-5-8-23(30)25(31)32/h4,6-7,9-12,14,23H,5,8,13,16H2,1-3H3,(H,31,32)/t23-/m1/s1. The number of ether oxygens (including phenoxy) is 1. The van der Waals surface area contributed by atoms with Gasteiger partial charge in [-0.2, -0.15) is 5.26 Å². The Labute approximate surface area is 203 Å². The van der Waals surface area contributed by atoms with Crippen molar-refractivity contribution in [2.24, 2.45) is 0 Å². The molecule has 0 bridgehead atoms. The predicted octanol–water partition coefficient (Wildman–Crippen LogP) is 4.45. The van der Waals surface area contributed by atoms with Gasteiger partial charge in [0.05, 0.1) is 17.0 Å². The normalized spacial score (nSPS) is 15.6. The van der Waals surface area contributed by atoms with E-state index < -0.39 is 17.4 Å². The Balaban J connectivity index is 1.48. The highest BCUT2D eigenvalue weighted by Crippen LogP contribution is 2.32. The molecule has 0 spiro atoms. The third-order valence-corrected chi connectivity index (χ3v) is 6.42. The first-order chi connectivity index (χ1) is 16.7. The van der Waals surface area contributed by atoms with Crippen LogP contribution in [-0.2, 0) is 21.6 Å². The van der Waals surface area contributed by atoms with E-state index in [2.05, 4.69) is 11.1 Å². The van der Waals surface area contributed by atoms with Crippen LogP contribution >= 0.6 is 0 Å². The lowest BCUT2D eigenvalue weighted by Crippen LogP contribution is -2.48. The molecule has 0 aliphatic carbocycles. The van der Waals surface area contributed by atoms with Crippen molar-refractivity contribution in [3.8, 4) is 23.3 Å². The minimum atomic E-state index is -0.966. The summed E-state index contributed by atoms with van der Waals surface area (Å²) in [6.07, 6.45) is 1.16. The Bertz CT molecular complexity index is 1290. The molecule has 0 unspecified atom stereocenters. The number of amides is 1. The van der Waals surface area contributed by atoms with Gasteiger partial charge in [-0.1, -0.05) is 12.1 Å². The molecule has 2 heterocycles. The van der Waals surface area contributed by atoms with Gasteiger partial charge >= 0.3 is 5.97 Å². The number of aryl methyl sites for hydroxylation is 1. The fraction of sp³-hybridized carbons (Fsp3) is 0.333. The fourth-order valence-corrected chi connectivity index (χ4v) is 4.25. The van der Waals surface area contributed by atoms with Crippen molar-refractivity contribution in [3.05, 3.63) is 71.1 Å². The topological polar surface area (TPSA) is 117 Å². The minimum absolute atomic E-state index is 0.177. The summed E-state index contributed by atoms with van der Waals surface area (Å²) in [5.74, 6) is 0.474. The number of likely N-dealkylation sites (tertiary alicyclic amines) is 1. The van der Waals surface area contributed by atoms with Gasteiger partial charge in [0.15, 0.2) is 0 Å². The Hall–Kier alpha value is -4.12. The molecule has 1 amide bonds. The molecule has 1 N–H and O–H groups in total. The molecule has 1 aliphatic rings. The molecule has 3 aromatic rings. The molecule has 0 saturated carbocycles. The number of nitriles is 1. The molecule has 1 atom stereocenters. The highest BCUT2D eigenvalue weighted by molar-refractivity contribution is 5.91. The van der Waals surface area contributed by atoms with Crippen LogP contribution in [0.15, 0.2) is 52.9 Å². The monoisotopic (exact) mass is 473 g/mol. The van der Waals surface area contributed by atoms with E-state index in [0.717, 1.165) is 11.1 Å². The van der Waals surface area contributed by atoms with Gasteiger partial charge in [0, 0.05) is 12.1 Å². The molecule has 35 heavy (non-hydrogen) atoms. The average Bonchev–Trinajstić information content (AvgIpc) is 3.49. The second-order valence-electron chi connectivity index (χ2n) is 9.15. The first-order valence-electron chi connectivity index (χ1n) is 11.4. The lowest BCUT2D eigenvalue weighted by atomic mass is 9.83. The summed E-state index contributed by atoms with van der Waals surface area (Å²) in [6.45, 7) is 6.04. The second kappa shape index (κ2) is 9.63. The number of carbonyl (C=O) groups excluding carboxylic acids is 1. The molecule has 1 aromatic heterocycles. The number of carboxylic acid groups (broad SMARTS) is 1. The van der Waals surface area contributed by atoms with Crippen molar-refractivity contribution < 1.29 is 23.8 Å². The van der Waals surface area contributed by atoms with E-state index in [1.807, 2.05) is 19.1 Å². The number of nitrogens with zero attached hydrogens (tertiary/aromatic N) is 3. The number of carboxylic acids is 1. The van der Waals surface area contributed by atoms with Crippen LogP contribution in [0.4, 0.5) is 0 Å². The molecular weight excluding hydrogens is 446 g/mol. The van der Waals surface area contributed by atoms with Crippen molar-refractivity contribution >= 4 is 11.9 Å².